The van der Waals surface area contributed by atoms with Gasteiger partial charge in [-0.15, -0.1) is 0 Å². The van der Waals surface area contributed by atoms with Crippen LogP contribution in [0.3, 0.4) is 0 Å². The average molecular weight is 288 g/mol. The van der Waals surface area contributed by atoms with E-state index in [-0.39, 0.29) is 5.78 Å². The third kappa shape index (κ3) is 5.36. The molecule has 1 heterocycles. The maximum Gasteiger partial charge on any atom is 0.182 e. The summed E-state index contributed by atoms with van der Waals surface area (Å²) in [6.45, 7) is 2.19. The lowest BCUT2D eigenvalue weighted by molar-refractivity contribution is 0.0974. The number of ketones is 1. The Labute approximate surface area is 119 Å². The molecule has 4 heteroatoms. The van der Waals surface area contributed by atoms with E-state index in [4.69, 9.17) is 23.2 Å². The lowest BCUT2D eigenvalue weighted by atomic mass is 10.1. The van der Waals surface area contributed by atoms with Gasteiger partial charge in [0.15, 0.2) is 5.78 Å². The van der Waals surface area contributed by atoms with Crippen LogP contribution in [-0.2, 0) is 0 Å². The fourth-order valence-corrected chi connectivity index (χ4v) is 2.29. The van der Waals surface area contributed by atoms with Gasteiger partial charge in [-0.25, -0.2) is 0 Å². The SMILES string of the molecule is CCCCCCCCC(=O)c1ncc(Cl)cc1Cl. The first kappa shape index (κ1) is 15.5. The summed E-state index contributed by atoms with van der Waals surface area (Å²) in [7, 11) is 0. The van der Waals surface area contributed by atoms with Crippen molar-refractivity contribution in [3.05, 3.63) is 28.0 Å². The number of aromatic nitrogens is 1. The summed E-state index contributed by atoms with van der Waals surface area (Å²) in [6.07, 6.45) is 8.94. The number of nitrogens with zero attached hydrogens (tertiary/aromatic N) is 1. The van der Waals surface area contributed by atoms with Crippen LogP contribution in [-0.4, -0.2) is 10.8 Å². The van der Waals surface area contributed by atoms with E-state index in [0.29, 0.717) is 22.2 Å². The zero-order valence-electron chi connectivity index (χ0n) is 10.7. The fraction of sp³-hybridized carbons (Fsp3) is 0.571. The van der Waals surface area contributed by atoms with E-state index in [1.807, 2.05) is 0 Å². The predicted octanol–water partition coefficient (Wildman–Crippen LogP) is 5.32. The van der Waals surface area contributed by atoms with Crippen LogP contribution in [0.1, 0.15) is 62.4 Å². The van der Waals surface area contributed by atoms with Crippen molar-refractivity contribution in [3.63, 3.8) is 0 Å². The van der Waals surface area contributed by atoms with E-state index in [1.165, 1.54) is 31.9 Å². The Morgan fingerprint density at radius 3 is 2.50 bits per heavy atom. The topological polar surface area (TPSA) is 30.0 Å². The molecule has 2 nitrogen and oxygen atoms in total. The molecule has 0 N–H and O–H groups in total. The number of rotatable bonds is 8. The van der Waals surface area contributed by atoms with Crippen LogP contribution in [0, 0.1) is 0 Å². The van der Waals surface area contributed by atoms with Crippen molar-refractivity contribution in [1.29, 1.82) is 0 Å². The second-order valence-corrected chi connectivity index (χ2v) is 5.27. The van der Waals surface area contributed by atoms with Gasteiger partial charge in [-0.05, 0) is 12.5 Å². The minimum absolute atomic E-state index is 0.00663. The summed E-state index contributed by atoms with van der Waals surface area (Å²) in [6, 6.07) is 1.56. The number of carbonyl (C=O) groups is 1. The molecule has 0 atom stereocenters. The van der Waals surface area contributed by atoms with Crippen LogP contribution in [0.15, 0.2) is 12.3 Å². The number of carbonyl (C=O) groups excluding carboxylic acids is 1. The number of hydrogen-bond donors (Lipinski definition) is 0. The van der Waals surface area contributed by atoms with E-state index in [0.717, 1.165) is 12.8 Å². The van der Waals surface area contributed by atoms with Crippen molar-refractivity contribution in [3.8, 4) is 0 Å². The molecule has 0 saturated heterocycles. The van der Waals surface area contributed by atoms with E-state index in [1.54, 1.807) is 6.07 Å². The highest BCUT2D eigenvalue weighted by atomic mass is 35.5. The number of halogens is 2. The van der Waals surface area contributed by atoms with Crippen molar-refractivity contribution in [1.82, 2.24) is 4.98 Å². The van der Waals surface area contributed by atoms with Gasteiger partial charge in [0.05, 0.1) is 10.0 Å². The summed E-state index contributed by atoms with van der Waals surface area (Å²) in [5, 5.41) is 0.801. The Bertz CT molecular complexity index is 393. The zero-order chi connectivity index (χ0) is 13.4. The molecule has 0 amide bonds. The van der Waals surface area contributed by atoms with Crippen LogP contribution in [0.25, 0.3) is 0 Å². The van der Waals surface area contributed by atoms with E-state index < -0.39 is 0 Å². The van der Waals surface area contributed by atoms with E-state index in [9.17, 15) is 4.79 Å². The smallest absolute Gasteiger partial charge is 0.182 e. The monoisotopic (exact) mass is 287 g/mol. The molecule has 0 aliphatic heterocycles. The Kier molecular flexibility index (Phi) is 7.29. The minimum atomic E-state index is 0.00663. The standard InChI is InChI=1S/C14H19Cl2NO/c1-2-3-4-5-6-7-8-13(18)14-12(16)9-11(15)10-17-14/h9-10H,2-8H2,1H3. The van der Waals surface area contributed by atoms with Crippen molar-refractivity contribution in [2.75, 3.05) is 0 Å². The third-order valence-electron chi connectivity index (χ3n) is 2.83. The molecule has 0 aliphatic carbocycles. The van der Waals surface area contributed by atoms with E-state index in [2.05, 4.69) is 11.9 Å². The number of unbranched alkanes of at least 4 members (excludes halogenated alkanes) is 5. The maximum absolute atomic E-state index is 11.9. The highest BCUT2D eigenvalue weighted by Gasteiger charge is 2.11. The molecular formula is C14H19Cl2NO. The molecule has 0 saturated carbocycles. The number of pyridine rings is 1. The van der Waals surface area contributed by atoms with Crippen LogP contribution in [0.5, 0.6) is 0 Å². The first-order valence-electron chi connectivity index (χ1n) is 6.49. The number of hydrogen-bond acceptors (Lipinski definition) is 2. The lowest BCUT2D eigenvalue weighted by Gasteiger charge is -2.03. The molecule has 0 unspecified atom stereocenters. The van der Waals surface area contributed by atoms with Gasteiger partial charge in [0, 0.05) is 12.6 Å². The second-order valence-electron chi connectivity index (χ2n) is 4.42. The molecule has 0 aliphatic rings. The predicted molar refractivity (Wildman–Crippen MR) is 76.6 cm³/mol. The molecule has 1 aromatic rings. The van der Waals surface area contributed by atoms with Crippen molar-refractivity contribution < 1.29 is 4.79 Å². The summed E-state index contributed by atoms with van der Waals surface area (Å²) in [5.41, 5.74) is 0.342. The average Bonchev–Trinajstić information content (AvgIpc) is 2.33. The van der Waals surface area contributed by atoms with Gasteiger partial charge in [0.25, 0.3) is 0 Å². The molecule has 1 rings (SSSR count). The van der Waals surface area contributed by atoms with Crippen LogP contribution in [0.4, 0.5) is 0 Å². The Balaban J connectivity index is 2.32. The molecule has 18 heavy (non-hydrogen) atoms. The van der Waals surface area contributed by atoms with Gasteiger partial charge < -0.3 is 0 Å². The van der Waals surface area contributed by atoms with Crippen molar-refractivity contribution >= 4 is 29.0 Å². The number of Topliss-reactive ketones (excluding diaryl/α,β-unsaturated/α-hetero) is 1. The molecule has 0 spiro atoms. The van der Waals surface area contributed by atoms with Gasteiger partial charge in [-0.2, -0.15) is 0 Å². The fourth-order valence-electron chi connectivity index (χ4n) is 1.80. The lowest BCUT2D eigenvalue weighted by Crippen LogP contribution is -2.03. The molecule has 0 bridgehead atoms. The molecule has 0 radical (unpaired) electrons. The van der Waals surface area contributed by atoms with Gasteiger partial charge in [-0.1, -0.05) is 62.2 Å². The van der Waals surface area contributed by atoms with Gasteiger partial charge in [-0.3, -0.25) is 9.78 Å². The summed E-state index contributed by atoms with van der Waals surface area (Å²) < 4.78 is 0. The molecule has 100 valence electrons. The van der Waals surface area contributed by atoms with E-state index >= 15 is 0 Å². The van der Waals surface area contributed by atoms with Crippen LogP contribution in [0.2, 0.25) is 10.0 Å². The summed E-state index contributed by atoms with van der Waals surface area (Å²) in [5.74, 6) is 0.00663. The molecule has 0 fully saturated rings. The third-order valence-corrected chi connectivity index (χ3v) is 3.32. The molecular weight excluding hydrogens is 269 g/mol. The first-order valence-corrected chi connectivity index (χ1v) is 7.25. The Morgan fingerprint density at radius 2 is 1.83 bits per heavy atom. The van der Waals surface area contributed by atoms with Crippen molar-refractivity contribution in [2.45, 2.75) is 51.9 Å². The van der Waals surface area contributed by atoms with Gasteiger partial charge in [0.2, 0.25) is 0 Å². The van der Waals surface area contributed by atoms with Gasteiger partial charge >= 0.3 is 0 Å². The molecule has 0 aromatic carbocycles. The Morgan fingerprint density at radius 1 is 1.17 bits per heavy atom. The second kappa shape index (κ2) is 8.49. The molecule has 1 aromatic heterocycles. The minimum Gasteiger partial charge on any atom is -0.292 e. The summed E-state index contributed by atoms with van der Waals surface area (Å²) in [4.78, 5) is 15.9. The largest absolute Gasteiger partial charge is 0.292 e. The summed E-state index contributed by atoms with van der Waals surface area (Å²) >= 11 is 11.7. The Hall–Kier alpha value is -0.600. The first-order chi connectivity index (χ1) is 8.65. The zero-order valence-corrected chi connectivity index (χ0v) is 12.2. The van der Waals surface area contributed by atoms with Gasteiger partial charge in [0.1, 0.15) is 5.69 Å². The highest BCUT2D eigenvalue weighted by Crippen LogP contribution is 2.20. The highest BCUT2D eigenvalue weighted by molar-refractivity contribution is 6.36. The van der Waals surface area contributed by atoms with Crippen LogP contribution < -0.4 is 0 Å². The normalized spacial score (nSPS) is 10.6. The quantitative estimate of drug-likeness (QED) is 0.478. The maximum atomic E-state index is 11.9. The van der Waals surface area contributed by atoms with Crippen LogP contribution >= 0.6 is 23.2 Å². The van der Waals surface area contributed by atoms with Crippen molar-refractivity contribution in [2.24, 2.45) is 0 Å².